The van der Waals surface area contributed by atoms with E-state index in [0.29, 0.717) is 28.7 Å². The molecule has 0 unspecified atom stereocenters. The second-order valence-corrected chi connectivity index (χ2v) is 6.07. The summed E-state index contributed by atoms with van der Waals surface area (Å²) in [5.74, 6) is 0.596. The quantitative estimate of drug-likeness (QED) is 0.612. The molecule has 0 saturated heterocycles. The number of amides is 1. The highest BCUT2D eigenvalue weighted by Crippen LogP contribution is 2.21. The molecule has 0 aliphatic heterocycles. The van der Waals surface area contributed by atoms with Gasteiger partial charge < -0.3 is 16.4 Å². The Kier molecular flexibility index (Phi) is 5.07. The number of anilines is 3. The van der Waals surface area contributed by atoms with Crippen LogP contribution in [0.3, 0.4) is 0 Å². The van der Waals surface area contributed by atoms with Crippen LogP contribution in [-0.4, -0.2) is 26.9 Å². The van der Waals surface area contributed by atoms with Crippen LogP contribution in [0.4, 0.5) is 17.5 Å². The summed E-state index contributed by atoms with van der Waals surface area (Å²) in [5, 5.41) is 5.99. The fourth-order valence-electron chi connectivity index (χ4n) is 2.33. The third kappa shape index (κ3) is 4.32. The first-order valence-corrected chi connectivity index (χ1v) is 8.24. The molecule has 1 aromatic carbocycles. The summed E-state index contributed by atoms with van der Waals surface area (Å²) in [7, 11) is 0. The van der Waals surface area contributed by atoms with E-state index in [1.54, 1.807) is 42.7 Å². The molecule has 7 nitrogen and oxygen atoms in total. The lowest BCUT2D eigenvalue weighted by Crippen LogP contribution is -2.16. The molecule has 4 N–H and O–H groups in total. The van der Waals surface area contributed by atoms with Crippen LogP contribution < -0.4 is 16.4 Å². The highest BCUT2D eigenvalue weighted by atomic mass is 16.1. The van der Waals surface area contributed by atoms with Crippen LogP contribution in [0.2, 0.25) is 0 Å². The number of nitrogens with one attached hydrogen (secondary N) is 2. The second-order valence-electron chi connectivity index (χ2n) is 6.07. The third-order valence-electron chi connectivity index (χ3n) is 3.53. The lowest BCUT2D eigenvalue weighted by Gasteiger charge is -2.12. The van der Waals surface area contributed by atoms with Crippen molar-refractivity contribution in [3.63, 3.8) is 0 Å². The van der Waals surface area contributed by atoms with Crippen molar-refractivity contribution in [2.24, 2.45) is 0 Å². The molecule has 0 spiro atoms. The Labute approximate surface area is 151 Å². The van der Waals surface area contributed by atoms with Crippen molar-refractivity contribution < 1.29 is 4.79 Å². The van der Waals surface area contributed by atoms with E-state index in [1.807, 2.05) is 26.0 Å². The van der Waals surface area contributed by atoms with Crippen LogP contribution in [0.1, 0.15) is 24.2 Å². The molecule has 2 aromatic heterocycles. The molecule has 2 heterocycles. The average Bonchev–Trinajstić information content (AvgIpc) is 2.62. The normalized spacial score (nSPS) is 10.6. The lowest BCUT2D eigenvalue weighted by molar-refractivity contribution is 0.102. The minimum Gasteiger partial charge on any atom is -0.399 e. The van der Waals surface area contributed by atoms with Crippen molar-refractivity contribution >= 4 is 23.4 Å². The van der Waals surface area contributed by atoms with Crippen LogP contribution in [0.25, 0.3) is 11.3 Å². The van der Waals surface area contributed by atoms with Crippen molar-refractivity contribution in [1.29, 1.82) is 0 Å². The molecular formula is C19H20N6O. The third-order valence-corrected chi connectivity index (χ3v) is 3.53. The number of carbonyl (C=O) groups excluding carboxylic acids is 1. The number of nitrogen functional groups attached to an aromatic ring is 1. The van der Waals surface area contributed by atoms with Crippen LogP contribution in [0, 0.1) is 0 Å². The summed E-state index contributed by atoms with van der Waals surface area (Å²) in [6, 6.07) is 12.3. The van der Waals surface area contributed by atoms with Crippen molar-refractivity contribution in [3.05, 3.63) is 60.4 Å². The van der Waals surface area contributed by atoms with Gasteiger partial charge in [-0.25, -0.2) is 4.98 Å². The smallest absolute Gasteiger partial charge is 0.256 e. The van der Waals surface area contributed by atoms with Crippen LogP contribution in [0.15, 0.2) is 54.9 Å². The number of hydrogen-bond acceptors (Lipinski definition) is 6. The molecule has 7 heteroatoms. The molecule has 0 saturated carbocycles. The maximum Gasteiger partial charge on any atom is 0.256 e. The lowest BCUT2D eigenvalue weighted by atomic mass is 10.2. The zero-order valence-electron chi connectivity index (χ0n) is 14.6. The largest absolute Gasteiger partial charge is 0.399 e. The summed E-state index contributed by atoms with van der Waals surface area (Å²) < 4.78 is 0. The minimum absolute atomic E-state index is 0.156. The maximum atomic E-state index is 12.5. The summed E-state index contributed by atoms with van der Waals surface area (Å²) >= 11 is 0. The SMILES string of the molecule is CC(C)Nc1nc(NC(=O)c2ccc(N)cc2)cc(-c2ccncc2)n1. The Morgan fingerprint density at radius 2 is 1.73 bits per heavy atom. The topological polar surface area (TPSA) is 106 Å². The summed E-state index contributed by atoms with van der Waals surface area (Å²) in [6.07, 6.45) is 3.39. The first kappa shape index (κ1) is 17.3. The number of carbonyl (C=O) groups is 1. The highest BCUT2D eigenvalue weighted by molar-refractivity contribution is 6.04. The molecule has 26 heavy (non-hydrogen) atoms. The Morgan fingerprint density at radius 1 is 1.04 bits per heavy atom. The monoisotopic (exact) mass is 348 g/mol. The van der Waals surface area contributed by atoms with Crippen LogP contribution in [-0.2, 0) is 0 Å². The van der Waals surface area contributed by atoms with E-state index in [9.17, 15) is 4.79 Å². The van der Waals surface area contributed by atoms with E-state index < -0.39 is 0 Å². The van der Waals surface area contributed by atoms with Gasteiger partial charge in [0.15, 0.2) is 0 Å². The average molecular weight is 348 g/mol. The number of pyridine rings is 1. The van der Waals surface area contributed by atoms with Gasteiger partial charge in [0.25, 0.3) is 5.91 Å². The zero-order chi connectivity index (χ0) is 18.5. The van der Waals surface area contributed by atoms with Crippen molar-refractivity contribution in [2.45, 2.75) is 19.9 Å². The van der Waals surface area contributed by atoms with Gasteiger partial charge in [-0.3, -0.25) is 9.78 Å². The molecule has 0 radical (unpaired) electrons. The Hall–Kier alpha value is -3.48. The van der Waals surface area contributed by atoms with Gasteiger partial charge >= 0.3 is 0 Å². The number of nitrogens with two attached hydrogens (primary N) is 1. The van der Waals surface area contributed by atoms with E-state index in [2.05, 4.69) is 25.6 Å². The Balaban J connectivity index is 1.92. The zero-order valence-corrected chi connectivity index (χ0v) is 14.6. The molecule has 0 aliphatic carbocycles. The Bertz CT molecular complexity index is 894. The van der Waals surface area contributed by atoms with Crippen molar-refractivity contribution in [3.8, 4) is 11.3 Å². The van der Waals surface area contributed by atoms with Gasteiger partial charge in [-0.2, -0.15) is 4.98 Å². The van der Waals surface area contributed by atoms with Gasteiger partial charge in [0.05, 0.1) is 5.69 Å². The van der Waals surface area contributed by atoms with E-state index >= 15 is 0 Å². The predicted octanol–water partition coefficient (Wildman–Crippen LogP) is 3.19. The number of nitrogens with zero attached hydrogens (tertiary/aromatic N) is 3. The molecule has 3 rings (SSSR count). The fraction of sp³-hybridized carbons (Fsp3) is 0.158. The van der Waals surface area contributed by atoms with Gasteiger partial charge in [-0.05, 0) is 50.2 Å². The standard InChI is InChI=1S/C19H20N6O/c1-12(2)22-19-23-16(13-7-9-21-10-8-13)11-17(25-19)24-18(26)14-3-5-15(20)6-4-14/h3-12H,20H2,1-2H3,(H2,22,23,24,25,26). The summed E-state index contributed by atoms with van der Waals surface area (Å²) in [6.45, 7) is 3.99. The van der Waals surface area contributed by atoms with Crippen molar-refractivity contribution in [2.75, 3.05) is 16.4 Å². The van der Waals surface area contributed by atoms with Gasteiger partial charge in [-0.1, -0.05) is 0 Å². The summed E-state index contributed by atoms with van der Waals surface area (Å²) in [4.78, 5) is 25.4. The van der Waals surface area contributed by atoms with Crippen LogP contribution in [0.5, 0.6) is 0 Å². The van der Waals surface area contributed by atoms with Gasteiger partial charge in [0.2, 0.25) is 5.95 Å². The van der Waals surface area contributed by atoms with Gasteiger partial charge in [0, 0.05) is 41.3 Å². The summed E-state index contributed by atoms with van der Waals surface area (Å²) in [5.41, 5.74) is 8.35. The number of rotatable bonds is 5. The Morgan fingerprint density at radius 3 is 2.38 bits per heavy atom. The molecular weight excluding hydrogens is 328 g/mol. The molecule has 0 bridgehead atoms. The second kappa shape index (κ2) is 7.60. The van der Waals surface area contributed by atoms with E-state index in [4.69, 9.17) is 5.73 Å². The van der Waals surface area contributed by atoms with E-state index in [1.165, 1.54) is 0 Å². The predicted molar refractivity (Wildman–Crippen MR) is 103 cm³/mol. The molecule has 3 aromatic rings. The maximum absolute atomic E-state index is 12.5. The first-order chi connectivity index (χ1) is 12.5. The number of aromatic nitrogens is 3. The molecule has 0 fully saturated rings. The first-order valence-electron chi connectivity index (χ1n) is 8.24. The molecule has 132 valence electrons. The highest BCUT2D eigenvalue weighted by Gasteiger charge is 2.11. The van der Waals surface area contributed by atoms with E-state index in [0.717, 1.165) is 5.56 Å². The fourth-order valence-corrected chi connectivity index (χ4v) is 2.33. The van der Waals surface area contributed by atoms with E-state index in [-0.39, 0.29) is 11.9 Å². The number of hydrogen-bond donors (Lipinski definition) is 3. The van der Waals surface area contributed by atoms with Crippen LogP contribution >= 0.6 is 0 Å². The molecule has 1 amide bonds. The molecule has 0 atom stereocenters. The van der Waals surface area contributed by atoms with Gasteiger partial charge in [-0.15, -0.1) is 0 Å². The number of benzene rings is 1. The minimum atomic E-state index is -0.264. The van der Waals surface area contributed by atoms with Crippen molar-refractivity contribution in [1.82, 2.24) is 15.0 Å². The van der Waals surface area contributed by atoms with Gasteiger partial charge in [0.1, 0.15) is 5.82 Å². The molecule has 0 aliphatic rings.